The Kier molecular flexibility index (Phi) is 5.09. The smallest absolute Gasteiger partial charge is 0.240 e. The van der Waals surface area contributed by atoms with Crippen molar-refractivity contribution in [2.75, 3.05) is 6.54 Å². The third-order valence-corrected chi connectivity index (χ3v) is 6.86. The first-order chi connectivity index (χ1) is 13.5. The molecule has 4 rings (SSSR count). The molecule has 1 heterocycles. The fourth-order valence-electron chi connectivity index (χ4n) is 5.38. The summed E-state index contributed by atoms with van der Waals surface area (Å²) in [6.45, 7) is 4.06. The van der Waals surface area contributed by atoms with Crippen molar-refractivity contribution in [3.8, 4) is 0 Å². The minimum atomic E-state index is -0.261. The molecule has 1 saturated heterocycles. The molecule has 1 saturated carbocycles. The number of likely N-dealkylation sites (tertiary alicyclic amines) is 1. The first kappa shape index (κ1) is 18.9. The summed E-state index contributed by atoms with van der Waals surface area (Å²) in [6, 6.07) is 9.81. The van der Waals surface area contributed by atoms with Gasteiger partial charge in [0.2, 0.25) is 17.7 Å². The quantitative estimate of drug-likeness (QED) is 0.584. The molecule has 2 aliphatic carbocycles. The number of imide groups is 1. The monoisotopic (exact) mass is 380 g/mol. The van der Waals surface area contributed by atoms with Gasteiger partial charge in [-0.25, -0.2) is 0 Å². The molecule has 1 aliphatic heterocycles. The third-order valence-electron chi connectivity index (χ3n) is 6.86. The largest absolute Gasteiger partial charge is 0.347 e. The molecule has 3 aliphatic rings. The standard InChI is InChI=1S/C23H28N2O3/c1-3-14(4-2)21(15-8-6-5-7-9-15)24-18(26)13-25-22(27)19-16-10-11-17(12-16)20(19)23(25)28/h5-11,14,16-17,19-21H,3-4,12-13H2,1-2H3,(H,24,26). The fraction of sp³-hybridized carbons (Fsp3) is 0.522. The van der Waals surface area contributed by atoms with Crippen molar-refractivity contribution in [1.82, 2.24) is 10.2 Å². The van der Waals surface area contributed by atoms with Crippen LogP contribution >= 0.6 is 0 Å². The van der Waals surface area contributed by atoms with Gasteiger partial charge in [0.15, 0.2) is 0 Å². The van der Waals surface area contributed by atoms with Crippen LogP contribution in [0.5, 0.6) is 0 Å². The lowest BCUT2D eigenvalue weighted by Crippen LogP contribution is -2.44. The highest BCUT2D eigenvalue weighted by Gasteiger charge is 2.59. The maximum atomic E-state index is 12.8. The fourth-order valence-corrected chi connectivity index (χ4v) is 5.38. The number of carbonyl (C=O) groups is 3. The van der Waals surface area contributed by atoms with E-state index in [4.69, 9.17) is 0 Å². The number of hydrogen-bond acceptors (Lipinski definition) is 3. The lowest BCUT2D eigenvalue weighted by Gasteiger charge is -2.28. The van der Waals surface area contributed by atoms with Crippen molar-refractivity contribution in [2.45, 2.75) is 39.2 Å². The van der Waals surface area contributed by atoms with Gasteiger partial charge in [0.05, 0.1) is 17.9 Å². The van der Waals surface area contributed by atoms with E-state index in [0.29, 0.717) is 5.92 Å². The molecular weight excluding hydrogens is 352 g/mol. The second-order valence-electron chi connectivity index (χ2n) is 8.29. The van der Waals surface area contributed by atoms with E-state index >= 15 is 0 Å². The first-order valence-electron chi connectivity index (χ1n) is 10.4. The van der Waals surface area contributed by atoms with Gasteiger partial charge in [-0.05, 0) is 29.7 Å². The summed E-state index contributed by atoms with van der Waals surface area (Å²) in [5.41, 5.74) is 1.06. The van der Waals surface area contributed by atoms with Gasteiger partial charge >= 0.3 is 0 Å². The summed E-state index contributed by atoms with van der Waals surface area (Å²) in [5.74, 6) is -0.458. The van der Waals surface area contributed by atoms with Gasteiger partial charge in [0, 0.05) is 0 Å². The number of amides is 3. The van der Waals surface area contributed by atoms with Crippen molar-refractivity contribution >= 4 is 17.7 Å². The molecule has 2 bridgehead atoms. The molecule has 2 fully saturated rings. The predicted molar refractivity (Wildman–Crippen MR) is 106 cm³/mol. The Morgan fingerprint density at radius 3 is 2.14 bits per heavy atom. The summed E-state index contributed by atoms with van der Waals surface area (Å²) in [6.07, 6.45) is 6.92. The van der Waals surface area contributed by atoms with E-state index in [1.165, 1.54) is 4.90 Å². The van der Waals surface area contributed by atoms with E-state index in [1.807, 2.05) is 30.3 Å². The zero-order chi connectivity index (χ0) is 19.8. The van der Waals surface area contributed by atoms with Crippen LogP contribution < -0.4 is 5.32 Å². The number of nitrogens with one attached hydrogen (secondary N) is 1. The number of carbonyl (C=O) groups excluding carboxylic acids is 3. The van der Waals surface area contributed by atoms with E-state index in [2.05, 4.69) is 31.3 Å². The zero-order valence-electron chi connectivity index (χ0n) is 16.5. The lowest BCUT2D eigenvalue weighted by atomic mass is 9.85. The van der Waals surface area contributed by atoms with Gasteiger partial charge in [-0.15, -0.1) is 0 Å². The molecule has 0 spiro atoms. The Morgan fingerprint density at radius 2 is 1.61 bits per heavy atom. The Hall–Kier alpha value is -2.43. The SMILES string of the molecule is CCC(CC)C(NC(=O)CN1C(=O)C2C3C=CC(C3)C2C1=O)c1ccccc1. The Morgan fingerprint density at radius 1 is 1.04 bits per heavy atom. The molecule has 5 heteroatoms. The number of allylic oxidation sites excluding steroid dienone is 2. The topological polar surface area (TPSA) is 66.5 Å². The van der Waals surface area contributed by atoms with Crippen LogP contribution in [0.1, 0.15) is 44.7 Å². The van der Waals surface area contributed by atoms with Crippen LogP contribution in [0.2, 0.25) is 0 Å². The molecule has 1 N–H and O–H groups in total. The molecule has 0 aromatic heterocycles. The minimum absolute atomic E-state index is 0.117. The number of rotatable bonds is 7. The predicted octanol–water partition coefficient (Wildman–Crippen LogP) is 3.09. The molecule has 5 nitrogen and oxygen atoms in total. The minimum Gasteiger partial charge on any atom is -0.347 e. The Bertz CT molecular complexity index is 769. The summed E-state index contributed by atoms with van der Waals surface area (Å²) >= 11 is 0. The van der Waals surface area contributed by atoms with Gasteiger partial charge < -0.3 is 5.32 Å². The van der Waals surface area contributed by atoms with Gasteiger partial charge in [-0.1, -0.05) is 69.2 Å². The molecule has 5 atom stereocenters. The van der Waals surface area contributed by atoms with E-state index in [1.54, 1.807) is 0 Å². The number of nitrogens with zero attached hydrogens (tertiary/aromatic N) is 1. The summed E-state index contributed by atoms with van der Waals surface area (Å²) < 4.78 is 0. The normalized spacial score (nSPS) is 28.9. The van der Waals surface area contributed by atoms with Crippen molar-refractivity contribution in [3.63, 3.8) is 0 Å². The van der Waals surface area contributed by atoms with Crippen molar-refractivity contribution in [1.29, 1.82) is 0 Å². The van der Waals surface area contributed by atoms with Crippen LogP contribution in [0.25, 0.3) is 0 Å². The molecular formula is C23H28N2O3. The van der Waals surface area contributed by atoms with Crippen LogP contribution in [-0.2, 0) is 14.4 Å². The maximum absolute atomic E-state index is 12.8. The molecule has 3 amide bonds. The third kappa shape index (κ3) is 3.07. The number of hydrogen-bond donors (Lipinski definition) is 1. The zero-order valence-corrected chi connectivity index (χ0v) is 16.5. The highest BCUT2D eigenvalue weighted by molar-refractivity contribution is 6.08. The second kappa shape index (κ2) is 7.53. The van der Waals surface area contributed by atoms with Crippen LogP contribution in [0, 0.1) is 29.6 Å². The number of fused-ring (bicyclic) bond motifs is 5. The van der Waals surface area contributed by atoms with Crippen molar-refractivity contribution < 1.29 is 14.4 Å². The van der Waals surface area contributed by atoms with Crippen LogP contribution in [0.4, 0.5) is 0 Å². The molecule has 1 aromatic rings. The van der Waals surface area contributed by atoms with Crippen LogP contribution in [0.15, 0.2) is 42.5 Å². The van der Waals surface area contributed by atoms with Gasteiger partial charge in [-0.3, -0.25) is 19.3 Å². The highest BCUT2D eigenvalue weighted by Crippen LogP contribution is 2.52. The Labute approximate surface area is 166 Å². The molecule has 1 aromatic carbocycles. The van der Waals surface area contributed by atoms with Gasteiger partial charge in [0.25, 0.3) is 0 Å². The summed E-state index contributed by atoms with van der Waals surface area (Å²) in [7, 11) is 0. The maximum Gasteiger partial charge on any atom is 0.240 e. The number of benzene rings is 1. The molecule has 28 heavy (non-hydrogen) atoms. The average molecular weight is 380 g/mol. The summed E-state index contributed by atoms with van der Waals surface area (Å²) in [4.78, 5) is 39.7. The highest BCUT2D eigenvalue weighted by atomic mass is 16.2. The van der Waals surface area contributed by atoms with E-state index in [0.717, 1.165) is 24.8 Å². The van der Waals surface area contributed by atoms with Crippen LogP contribution in [0.3, 0.4) is 0 Å². The second-order valence-corrected chi connectivity index (χ2v) is 8.29. The molecule has 0 radical (unpaired) electrons. The average Bonchev–Trinajstić information content (AvgIpc) is 3.39. The molecule has 148 valence electrons. The molecule has 5 unspecified atom stereocenters. The van der Waals surface area contributed by atoms with Crippen molar-refractivity contribution in [3.05, 3.63) is 48.0 Å². The van der Waals surface area contributed by atoms with Gasteiger partial charge in [-0.2, -0.15) is 0 Å². The summed E-state index contributed by atoms with van der Waals surface area (Å²) in [5, 5.41) is 3.11. The van der Waals surface area contributed by atoms with Crippen LogP contribution in [-0.4, -0.2) is 29.2 Å². The lowest BCUT2D eigenvalue weighted by molar-refractivity contribution is -0.144. The van der Waals surface area contributed by atoms with Gasteiger partial charge in [0.1, 0.15) is 6.54 Å². The Balaban J connectivity index is 1.47. The van der Waals surface area contributed by atoms with E-state index in [9.17, 15) is 14.4 Å². The van der Waals surface area contributed by atoms with E-state index in [-0.39, 0.29) is 54.0 Å². The first-order valence-corrected chi connectivity index (χ1v) is 10.4. The van der Waals surface area contributed by atoms with E-state index < -0.39 is 0 Å². The van der Waals surface area contributed by atoms with Crippen molar-refractivity contribution in [2.24, 2.45) is 29.6 Å².